The van der Waals surface area contributed by atoms with Crippen LogP contribution >= 0.6 is 0 Å². The van der Waals surface area contributed by atoms with E-state index in [9.17, 15) is 0 Å². The van der Waals surface area contributed by atoms with E-state index < -0.39 is 0 Å². The first kappa shape index (κ1) is 7.53. The molecule has 1 saturated carbocycles. The van der Waals surface area contributed by atoms with Crippen LogP contribution in [-0.2, 0) is 0 Å². The molecule has 1 saturated heterocycles. The molecule has 1 unspecified atom stereocenters. The van der Waals surface area contributed by atoms with Crippen molar-refractivity contribution in [1.82, 2.24) is 15.8 Å². The summed E-state index contributed by atoms with van der Waals surface area (Å²) in [6, 6.07) is 0. The smallest absolute Gasteiger partial charge is 0.0740 e. The van der Waals surface area contributed by atoms with Gasteiger partial charge in [-0.1, -0.05) is 19.3 Å². The summed E-state index contributed by atoms with van der Waals surface area (Å²) in [7, 11) is 2.16. The van der Waals surface area contributed by atoms with Crippen molar-refractivity contribution in [2.24, 2.45) is 5.92 Å². The van der Waals surface area contributed by atoms with E-state index in [2.05, 4.69) is 22.8 Å². The Morgan fingerprint density at radius 3 is 2.73 bits per heavy atom. The molecule has 0 aromatic carbocycles. The molecule has 3 heteroatoms. The molecule has 1 heterocycles. The van der Waals surface area contributed by atoms with Crippen LogP contribution in [0.4, 0.5) is 0 Å². The van der Waals surface area contributed by atoms with Gasteiger partial charge in [-0.05, 0) is 19.4 Å². The van der Waals surface area contributed by atoms with Gasteiger partial charge in [0.15, 0.2) is 0 Å². The molecule has 2 fully saturated rings. The molecule has 1 aliphatic carbocycles. The summed E-state index contributed by atoms with van der Waals surface area (Å²) < 4.78 is 0. The lowest BCUT2D eigenvalue weighted by atomic mass is 9.82. The van der Waals surface area contributed by atoms with Crippen molar-refractivity contribution in [1.29, 1.82) is 0 Å². The molecule has 2 N–H and O–H groups in total. The molecular formula is C8H17N3. The molecule has 0 spiro atoms. The van der Waals surface area contributed by atoms with Gasteiger partial charge in [-0.3, -0.25) is 4.90 Å². The lowest BCUT2D eigenvalue weighted by Gasteiger charge is -2.29. The van der Waals surface area contributed by atoms with Gasteiger partial charge in [0, 0.05) is 0 Å². The maximum absolute atomic E-state index is 3.28. The fraction of sp³-hybridized carbons (Fsp3) is 1.00. The third-order valence-corrected chi connectivity index (χ3v) is 2.91. The molecule has 0 amide bonds. The van der Waals surface area contributed by atoms with Gasteiger partial charge in [0.05, 0.1) is 12.8 Å². The second-order valence-corrected chi connectivity index (χ2v) is 3.78. The van der Waals surface area contributed by atoms with Crippen LogP contribution in [-0.4, -0.2) is 24.8 Å². The van der Waals surface area contributed by atoms with E-state index in [0.29, 0.717) is 6.17 Å². The van der Waals surface area contributed by atoms with Crippen molar-refractivity contribution in [2.45, 2.75) is 31.8 Å². The number of hydrazine groups is 1. The maximum Gasteiger partial charge on any atom is 0.0740 e. The summed E-state index contributed by atoms with van der Waals surface area (Å²) in [5.74, 6) is 0.995. The average Bonchev–Trinajstić information content (AvgIpc) is 2.27. The van der Waals surface area contributed by atoms with Crippen LogP contribution in [0.2, 0.25) is 0 Å². The Hall–Kier alpha value is -0.120. The van der Waals surface area contributed by atoms with Gasteiger partial charge in [-0.25, -0.2) is 10.9 Å². The second kappa shape index (κ2) is 3.09. The van der Waals surface area contributed by atoms with E-state index in [1.54, 1.807) is 0 Å². The van der Waals surface area contributed by atoms with Gasteiger partial charge in [-0.2, -0.15) is 0 Å². The fourth-order valence-electron chi connectivity index (χ4n) is 1.79. The molecule has 11 heavy (non-hydrogen) atoms. The van der Waals surface area contributed by atoms with Gasteiger partial charge in [0.2, 0.25) is 0 Å². The summed E-state index contributed by atoms with van der Waals surface area (Å²) >= 11 is 0. The van der Waals surface area contributed by atoms with E-state index in [-0.39, 0.29) is 0 Å². The third kappa shape index (κ3) is 1.55. The van der Waals surface area contributed by atoms with Crippen LogP contribution in [0.1, 0.15) is 25.7 Å². The molecule has 0 aromatic heterocycles. The van der Waals surface area contributed by atoms with Crippen LogP contribution in [0.25, 0.3) is 0 Å². The van der Waals surface area contributed by atoms with Crippen LogP contribution in [0.3, 0.4) is 0 Å². The lowest BCUT2D eigenvalue weighted by Crippen LogP contribution is -2.37. The molecule has 3 nitrogen and oxygen atoms in total. The summed E-state index contributed by atoms with van der Waals surface area (Å²) in [6.07, 6.45) is 6.26. The molecule has 0 bridgehead atoms. The van der Waals surface area contributed by atoms with Gasteiger partial charge in [-0.15, -0.1) is 0 Å². The number of nitrogens with zero attached hydrogens (tertiary/aromatic N) is 1. The van der Waals surface area contributed by atoms with Crippen LogP contribution in [0, 0.1) is 5.92 Å². The van der Waals surface area contributed by atoms with E-state index in [0.717, 1.165) is 12.6 Å². The zero-order chi connectivity index (χ0) is 7.68. The predicted molar refractivity (Wildman–Crippen MR) is 44.6 cm³/mol. The van der Waals surface area contributed by atoms with Crippen molar-refractivity contribution in [3.63, 3.8) is 0 Å². The van der Waals surface area contributed by atoms with Gasteiger partial charge in [0.1, 0.15) is 0 Å². The van der Waals surface area contributed by atoms with Crippen molar-refractivity contribution in [3.05, 3.63) is 0 Å². The van der Waals surface area contributed by atoms with Crippen LogP contribution < -0.4 is 10.9 Å². The second-order valence-electron chi connectivity index (χ2n) is 3.78. The van der Waals surface area contributed by atoms with Crippen LogP contribution in [0.15, 0.2) is 0 Å². The maximum atomic E-state index is 3.28. The highest BCUT2D eigenvalue weighted by Gasteiger charge is 2.26. The largest absolute Gasteiger partial charge is 0.276 e. The van der Waals surface area contributed by atoms with Crippen molar-refractivity contribution in [3.8, 4) is 0 Å². The van der Waals surface area contributed by atoms with E-state index in [4.69, 9.17) is 0 Å². The minimum Gasteiger partial charge on any atom is -0.276 e. The summed E-state index contributed by atoms with van der Waals surface area (Å²) in [4.78, 5) is 2.33. The number of hydrogen-bond acceptors (Lipinski definition) is 3. The minimum absolute atomic E-state index is 0.584. The minimum atomic E-state index is 0.584. The Morgan fingerprint density at radius 1 is 1.45 bits per heavy atom. The van der Waals surface area contributed by atoms with Gasteiger partial charge >= 0.3 is 0 Å². The van der Waals surface area contributed by atoms with Crippen molar-refractivity contribution < 1.29 is 0 Å². The standard InChI is InChI=1S/C8H17N3/c1-11-6-9-10-8(11)5-7-3-2-4-7/h7-10H,2-6H2,1H3. The average molecular weight is 155 g/mol. The fourth-order valence-corrected chi connectivity index (χ4v) is 1.79. The van der Waals surface area contributed by atoms with E-state index in [1.165, 1.54) is 25.7 Å². The molecular weight excluding hydrogens is 138 g/mol. The van der Waals surface area contributed by atoms with Gasteiger partial charge < -0.3 is 0 Å². The lowest BCUT2D eigenvalue weighted by molar-refractivity contribution is 0.194. The zero-order valence-electron chi connectivity index (χ0n) is 7.14. The molecule has 2 rings (SSSR count). The van der Waals surface area contributed by atoms with E-state index >= 15 is 0 Å². The highest BCUT2D eigenvalue weighted by molar-refractivity contribution is 4.78. The Labute approximate surface area is 68.1 Å². The Balaban J connectivity index is 1.75. The highest BCUT2D eigenvalue weighted by Crippen LogP contribution is 2.31. The van der Waals surface area contributed by atoms with Gasteiger partial charge in [0.25, 0.3) is 0 Å². The Kier molecular flexibility index (Phi) is 2.11. The Morgan fingerprint density at radius 2 is 2.27 bits per heavy atom. The predicted octanol–water partition coefficient (Wildman–Crippen LogP) is 0.500. The first-order valence-corrected chi connectivity index (χ1v) is 4.55. The van der Waals surface area contributed by atoms with Crippen LogP contribution in [0.5, 0.6) is 0 Å². The molecule has 64 valence electrons. The molecule has 2 aliphatic rings. The molecule has 1 aliphatic heterocycles. The number of nitrogens with one attached hydrogen (secondary N) is 2. The first-order valence-electron chi connectivity index (χ1n) is 4.55. The number of hydrogen-bond donors (Lipinski definition) is 2. The summed E-state index contributed by atoms with van der Waals surface area (Å²) in [6.45, 7) is 0.984. The topological polar surface area (TPSA) is 27.3 Å². The first-order chi connectivity index (χ1) is 5.36. The highest BCUT2D eigenvalue weighted by atomic mass is 15.6. The number of rotatable bonds is 2. The monoisotopic (exact) mass is 155 g/mol. The zero-order valence-corrected chi connectivity index (χ0v) is 7.14. The third-order valence-electron chi connectivity index (χ3n) is 2.91. The molecule has 0 aromatic rings. The summed E-state index contributed by atoms with van der Waals surface area (Å²) in [5.41, 5.74) is 6.43. The van der Waals surface area contributed by atoms with Crippen molar-refractivity contribution >= 4 is 0 Å². The Bertz CT molecular complexity index is 133. The summed E-state index contributed by atoms with van der Waals surface area (Å²) in [5, 5.41) is 0. The van der Waals surface area contributed by atoms with E-state index in [1.807, 2.05) is 0 Å². The molecule has 1 atom stereocenters. The SMILES string of the molecule is CN1CNNC1CC1CCC1. The quantitative estimate of drug-likeness (QED) is 0.608. The van der Waals surface area contributed by atoms with Crippen molar-refractivity contribution in [2.75, 3.05) is 13.7 Å². The molecule has 0 radical (unpaired) electrons. The normalized spacial score (nSPS) is 34.1.